The van der Waals surface area contributed by atoms with Gasteiger partial charge in [0.25, 0.3) is 0 Å². The molecule has 0 bridgehead atoms. The molecule has 3 rings (SSSR count). The third-order valence-corrected chi connectivity index (χ3v) is 4.16. The molecule has 0 atom stereocenters. The molecule has 138 valence electrons. The highest BCUT2D eigenvalue weighted by Gasteiger charge is 2.18. The molecule has 28 heavy (non-hydrogen) atoms. The number of pyridine rings is 1. The van der Waals surface area contributed by atoms with Gasteiger partial charge in [-0.25, -0.2) is 9.78 Å². The van der Waals surface area contributed by atoms with Crippen LogP contribution in [-0.4, -0.2) is 16.1 Å². The number of furan rings is 1. The van der Waals surface area contributed by atoms with Crippen LogP contribution in [0.25, 0.3) is 16.0 Å². The molecule has 1 aromatic carbocycles. The fourth-order valence-corrected chi connectivity index (χ4v) is 2.67. The quantitative estimate of drug-likeness (QED) is 0.446. The minimum Gasteiger partial charge on any atom is -0.478 e. The monoisotopic (exact) mass is 390 g/mol. The molecule has 0 aliphatic rings. The van der Waals surface area contributed by atoms with Crippen LogP contribution in [0.5, 0.6) is 11.6 Å². The van der Waals surface area contributed by atoms with Crippen LogP contribution in [0.1, 0.15) is 21.6 Å². The number of thiol groups is 1. The molecule has 7 heteroatoms. The largest absolute Gasteiger partial charge is 0.478 e. The molecule has 0 unspecified atom stereocenters. The van der Waals surface area contributed by atoms with Crippen LogP contribution in [0.2, 0.25) is 0 Å². The number of benzene rings is 1. The second-order valence-corrected chi connectivity index (χ2v) is 6.06. The Bertz CT molecular complexity index is 1090. The van der Waals surface area contributed by atoms with E-state index >= 15 is 0 Å². The minimum absolute atomic E-state index is 0.0725. The van der Waals surface area contributed by atoms with Gasteiger partial charge in [-0.05, 0) is 42.5 Å². The van der Waals surface area contributed by atoms with E-state index in [2.05, 4.69) is 30.3 Å². The topological polar surface area (TPSA) is 96.3 Å². The molecule has 0 fully saturated rings. The zero-order valence-electron chi connectivity index (χ0n) is 14.5. The number of carbonyl (C=O) groups is 1. The number of nitriles is 1. The normalized spacial score (nSPS) is 10.9. The van der Waals surface area contributed by atoms with Crippen LogP contribution >= 0.6 is 12.6 Å². The van der Waals surface area contributed by atoms with Crippen molar-refractivity contribution in [2.24, 2.45) is 0 Å². The van der Waals surface area contributed by atoms with Crippen molar-refractivity contribution in [1.82, 2.24) is 4.98 Å². The number of carboxylic acid groups (broad SMARTS) is 1. The summed E-state index contributed by atoms with van der Waals surface area (Å²) in [5.41, 5.74) is 2.08. The second kappa shape index (κ2) is 8.29. The zero-order valence-corrected chi connectivity index (χ0v) is 15.4. The summed E-state index contributed by atoms with van der Waals surface area (Å²) in [6.45, 7) is 3.65. The van der Waals surface area contributed by atoms with E-state index in [0.29, 0.717) is 27.5 Å². The summed E-state index contributed by atoms with van der Waals surface area (Å²) < 4.78 is 10.9. The minimum atomic E-state index is -1.04. The molecule has 3 aromatic rings. The average molecular weight is 390 g/mol. The molecule has 0 saturated carbocycles. The highest BCUT2D eigenvalue weighted by molar-refractivity contribution is 7.90. The molecule has 0 spiro atoms. The van der Waals surface area contributed by atoms with Crippen molar-refractivity contribution in [2.75, 3.05) is 0 Å². The molecule has 6 nitrogen and oxygen atoms in total. The molecular formula is C21H14N2O4S. The van der Waals surface area contributed by atoms with Gasteiger partial charge in [-0.1, -0.05) is 12.7 Å². The lowest BCUT2D eigenvalue weighted by atomic mass is 10.0. The van der Waals surface area contributed by atoms with Gasteiger partial charge in [0.1, 0.15) is 17.4 Å². The standard InChI is InChI=1S/C21H14N2O4S/c1-2-3-19(28)18-10-16(14-8-9-26-12-14)17(11-22)20(23-18)27-15-6-4-13(5-7-15)21(24)25/h2-10,12,28H,1H2,(H,24,25)/b19-3-. The maximum absolute atomic E-state index is 11.0. The SMILES string of the molecule is C=C/C=C(\S)c1cc(-c2ccoc2)c(C#N)c(Oc2ccc(C(=O)O)cc2)n1. The Hall–Kier alpha value is -3.76. The first kappa shape index (κ1) is 19.0. The molecule has 1 N–H and O–H groups in total. The third-order valence-electron chi connectivity index (χ3n) is 3.78. The Labute approximate surface area is 166 Å². The van der Waals surface area contributed by atoms with Crippen molar-refractivity contribution < 1.29 is 19.1 Å². The number of rotatable bonds is 6. The molecule has 0 radical (unpaired) electrons. The maximum Gasteiger partial charge on any atom is 0.335 e. The van der Waals surface area contributed by atoms with Gasteiger partial charge in [-0.2, -0.15) is 5.26 Å². The summed E-state index contributed by atoms with van der Waals surface area (Å²) in [4.78, 5) is 15.9. The van der Waals surface area contributed by atoms with Crippen LogP contribution in [-0.2, 0) is 0 Å². The number of hydrogen-bond acceptors (Lipinski definition) is 6. The number of aromatic nitrogens is 1. The molecule has 2 heterocycles. The molecule has 2 aromatic heterocycles. The van der Waals surface area contributed by atoms with Gasteiger partial charge in [0.15, 0.2) is 0 Å². The Morgan fingerprint density at radius 3 is 2.64 bits per heavy atom. The van der Waals surface area contributed by atoms with Crippen molar-refractivity contribution in [1.29, 1.82) is 5.26 Å². The summed E-state index contributed by atoms with van der Waals surface area (Å²) in [6.07, 6.45) is 6.26. The lowest BCUT2D eigenvalue weighted by molar-refractivity contribution is 0.0697. The average Bonchev–Trinajstić information content (AvgIpc) is 3.22. The first-order valence-electron chi connectivity index (χ1n) is 8.04. The number of nitrogens with zero attached hydrogens (tertiary/aromatic N) is 2. The van der Waals surface area contributed by atoms with Gasteiger partial charge < -0.3 is 14.3 Å². The lowest BCUT2D eigenvalue weighted by Crippen LogP contribution is -1.99. The maximum atomic E-state index is 11.0. The second-order valence-electron chi connectivity index (χ2n) is 5.58. The Kier molecular flexibility index (Phi) is 5.63. The van der Waals surface area contributed by atoms with Crippen molar-refractivity contribution in [3.8, 4) is 28.8 Å². The van der Waals surface area contributed by atoms with Gasteiger partial charge in [-0.15, -0.1) is 12.6 Å². The van der Waals surface area contributed by atoms with Gasteiger partial charge in [0.2, 0.25) is 5.88 Å². The Morgan fingerprint density at radius 2 is 2.07 bits per heavy atom. The zero-order chi connectivity index (χ0) is 20.1. The van der Waals surface area contributed by atoms with Gasteiger partial charge >= 0.3 is 5.97 Å². The molecular weight excluding hydrogens is 376 g/mol. The molecule has 0 aliphatic carbocycles. The third kappa shape index (κ3) is 3.98. The predicted octanol–water partition coefficient (Wildman–Crippen LogP) is 5.16. The van der Waals surface area contributed by atoms with E-state index in [1.54, 1.807) is 24.3 Å². The summed E-state index contributed by atoms with van der Waals surface area (Å²) in [7, 11) is 0. The van der Waals surface area contributed by atoms with Crippen molar-refractivity contribution >= 4 is 23.5 Å². The fourth-order valence-electron chi connectivity index (χ4n) is 2.45. The predicted molar refractivity (Wildman–Crippen MR) is 107 cm³/mol. The van der Waals surface area contributed by atoms with E-state index in [1.807, 2.05) is 0 Å². The highest BCUT2D eigenvalue weighted by Crippen LogP contribution is 2.35. The van der Waals surface area contributed by atoms with E-state index in [0.717, 1.165) is 0 Å². The highest BCUT2D eigenvalue weighted by atomic mass is 32.1. The summed E-state index contributed by atoms with van der Waals surface area (Å²) >= 11 is 4.42. The van der Waals surface area contributed by atoms with Gasteiger partial charge in [0, 0.05) is 16.0 Å². The van der Waals surface area contributed by atoms with E-state index in [-0.39, 0.29) is 17.0 Å². The Balaban J connectivity index is 2.12. The van der Waals surface area contributed by atoms with Crippen LogP contribution in [0.15, 0.2) is 72.1 Å². The lowest BCUT2D eigenvalue weighted by Gasteiger charge is -2.12. The first-order chi connectivity index (χ1) is 13.5. The van der Waals surface area contributed by atoms with Crippen LogP contribution < -0.4 is 4.74 Å². The van der Waals surface area contributed by atoms with Crippen LogP contribution in [0.4, 0.5) is 0 Å². The fraction of sp³-hybridized carbons (Fsp3) is 0. The first-order valence-corrected chi connectivity index (χ1v) is 8.49. The summed E-state index contributed by atoms with van der Waals surface area (Å²) in [5, 5.41) is 18.7. The number of aromatic carboxylic acids is 1. The van der Waals surface area contributed by atoms with Crippen molar-refractivity contribution in [3.63, 3.8) is 0 Å². The molecule has 0 amide bonds. The number of carboxylic acids is 1. The summed E-state index contributed by atoms with van der Waals surface area (Å²) in [6, 6.07) is 11.4. The number of allylic oxidation sites excluding steroid dienone is 2. The molecule has 0 aliphatic heterocycles. The van der Waals surface area contributed by atoms with Crippen molar-refractivity contribution in [2.45, 2.75) is 0 Å². The van der Waals surface area contributed by atoms with Crippen LogP contribution in [0.3, 0.4) is 0 Å². The Morgan fingerprint density at radius 1 is 1.32 bits per heavy atom. The van der Waals surface area contributed by atoms with E-state index in [4.69, 9.17) is 14.3 Å². The van der Waals surface area contributed by atoms with Crippen molar-refractivity contribution in [3.05, 3.63) is 84.5 Å². The number of hydrogen-bond donors (Lipinski definition) is 2. The van der Waals surface area contributed by atoms with E-state index in [1.165, 1.54) is 36.8 Å². The van der Waals surface area contributed by atoms with Gasteiger partial charge in [-0.3, -0.25) is 0 Å². The van der Waals surface area contributed by atoms with Crippen LogP contribution in [0, 0.1) is 11.3 Å². The smallest absolute Gasteiger partial charge is 0.335 e. The summed E-state index contributed by atoms with van der Waals surface area (Å²) in [5.74, 6) is -0.623. The van der Waals surface area contributed by atoms with E-state index in [9.17, 15) is 10.1 Å². The van der Waals surface area contributed by atoms with E-state index < -0.39 is 5.97 Å². The number of ether oxygens (including phenoxy) is 1. The molecule has 0 saturated heterocycles. The van der Waals surface area contributed by atoms with Gasteiger partial charge in [0.05, 0.1) is 23.8 Å².